The predicted octanol–water partition coefficient (Wildman–Crippen LogP) is 4.54. The van der Waals surface area contributed by atoms with E-state index in [1.54, 1.807) is 48.5 Å². The quantitative estimate of drug-likeness (QED) is 0.304. The molecule has 41 heavy (non-hydrogen) atoms. The second-order valence-electron chi connectivity index (χ2n) is 10.8. The van der Waals surface area contributed by atoms with Crippen molar-refractivity contribution in [3.63, 3.8) is 0 Å². The number of nitrogens with one attached hydrogen (secondary N) is 1. The Balaban J connectivity index is 1.59. The zero-order valence-corrected chi connectivity index (χ0v) is 25.3. The summed E-state index contributed by atoms with van der Waals surface area (Å²) in [6, 6.07) is 20.5. The molecule has 0 amide bonds. The highest BCUT2D eigenvalue weighted by atomic mass is 32.2. The lowest BCUT2D eigenvalue weighted by Crippen LogP contribution is -2.53. The minimum Gasteiger partial charge on any atom is -0.356 e. The molecule has 218 valence electrons. The fraction of sp³-hybridized carbons (Fsp3) is 0.355. The summed E-state index contributed by atoms with van der Waals surface area (Å²) in [7, 11) is -4.44. The topological polar surface area (TPSA) is 104 Å². The molecule has 4 atom stereocenters. The van der Waals surface area contributed by atoms with Crippen molar-refractivity contribution in [1.29, 1.82) is 0 Å². The van der Waals surface area contributed by atoms with Gasteiger partial charge in [-0.2, -0.15) is 0 Å². The van der Waals surface area contributed by atoms with E-state index in [1.807, 2.05) is 55.9 Å². The number of hydrogen-bond donors (Lipinski definition) is 1. The first-order chi connectivity index (χ1) is 19.5. The molecule has 1 saturated heterocycles. The van der Waals surface area contributed by atoms with Crippen LogP contribution in [-0.4, -0.2) is 52.7 Å². The van der Waals surface area contributed by atoms with Crippen molar-refractivity contribution in [2.45, 2.75) is 54.1 Å². The standard InChI is InChI=1S/C31H36N2O6S2/c1-21-9-13-24(14-10-21)40(34,35)30-18-31(38-4)39-20-27(30)28(32-41(36,37)25-15-11-22(2)12-16-25)17-23-19-33(3)29-8-6-5-7-26(23)29/h5-16,19,27-28,30-32H,17-18,20H2,1-4H3/t27-,28-,30+,31+/m0/s1. The summed E-state index contributed by atoms with van der Waals surface area (Å²) in [6.45, 7) is 3.80. The van der Waals surface area contributed by atoms with Crippen molar-refractivity contribution in [2.24, 2.45) is 13.0 Å². The van der Waals surface area contributed by atoms with Crippen LogP contribution in [-0.2, 0) is 42.8 Å². The zero-order valence-electron chi connectivity index (χ0n) is 23.6. The van der Waals surface area contributed by atoms with E-state index in [0.717, 1.165) is 27.6 Å². The Hall–Kier alpha value is -3.02. The van der Waals surface area contributed by atoms with Crippen molar-refractivity contribution in [3.8, 4) is 0 Å². The van der Waals surface area contributed by atoms with Gasteiger partial charge in [0.15, 0.2) is 16.1 Å². The number of sulfone groups is 1. The highest BCUT2D eigenvalue weighted by Gasteiger charge is 2.45. The number of sulfonamides is 1. The molecule has 3 aromatic carbocycles. The first-order valence-corrected chi connectivity index (χ1v) is 16.6. The van der Waals surface area contributed by atoms with Gasteiger partial charge < -0.3 is 14.0 Å². The smallest absolute Gasteiger partial charge is 0.240 e. The van der Waals surface area contributed by atoms with Gasteiger partial charge in [-0.3, -0.25) is 0 Å². The molecule has 0 radical (unpaired) electrons. The van der Waals surface area contributed by atoms with Crippen LogP contribution in [0.2, 0.25) is 0 Å². The molecule has 0 unspecified atom stereocenters. The van der Waals surface area contributed by atoms with E-state index in [-0.39, 0.29) is 29.2 Å². The van der Waals surface area contributed by atoms with Crippen LogP contribution in [0.3, 0.4) is 0 Å². The first kappa shape index (κ1) is 29.5. The summed E-state index contributed by atoms with van der Waals surface area (Å²) < 4.78 is 71.9. The van der Waals surface area contributed by atoms with Gasteiger partial charge >= 0.3 is 0 Å². The number of benzene rings is 3. The molecule has 1 aromatic heterocycles. The van der Waals surface area contributed by atoms with Gasteiger partial charge in [-0.1, -0.05) is 53.6 Å². The predicted molar refractivity (Wildman–Crippen MR) is 159 cm³/mol. The summed E-state index contributed by atoms with van der Waals surface area (Å²) >= 11 is 0. The van der Waals surface area contributed by atoms with Crippen molar-refractivity contribution in [1.82, 2.24) is 9.29 Å². The molecule has 0 aliphatic carbocycles. The Morgan fingerprint density at radius 3 is 2.17 bits per heavy atom. The van der Waals surface area contributed by atoms with Gasteiger partial charge in [-0.15, -0.1) is 0 Å². The van der Waals surface area contributed by atoms with Gasteiger partial charge in [0.2, 0.25) is 10.0 Å². The lowest BCUT2D eigenvalue weighted by molar-refractivity contribution is -0.160. The molecule has 4 aromatic rings. The molecule has 0 saturated carbocycles. The average Bonchev–Trinajstić information content (AvgIpc) is 3.27. The SMILES string of the molecule is CO[C@H]1C[C@@H](S(=O)(=O)c2ccc(C)cc2)[C@H]([C@H](Cc2cn(C)c3ccccc23)NS(=O)(=O)c2ccc(C)cc2)CO1. The average molecular weight is 597 g/mol. The summed E-state index contributed by atoms with van der Waals surface area (Å²) in [6.07, 6.45) is 1.61. The van der Waals surface area contributed by atoms with E-state index in [0.29, 0.717) is 0 Å². The van der Waals surface area contributed by atoms with Gasteiger partial charge in [-0.05, 0) is 56.2 Å². The summed E-state index contributed by atoms with van der Waals surface area (Å²) in [5.41, 5.74) is 3.81. The molecular formula is C31H36N2O6S2. The molecule has 5 rings (SSSR count). The molecule has 2 heterocycles. The van der Waals surface area contributed by atoms with E-state index in [2.05, 4.69) is 4.72 Å². The van der Waals surface area contributed by atoms with Crippen LogP contribution in [0.5, 0.6) is 0 Å². The number of para-hydroxylation sites is 1. The number of ether oxygens (including phenoxy) is 2. The fourth-order valence-electron chi connectivity index (χ4n) is 5.65. The Labute approximate surface area is 242 Å². The van der Waals surface area contributed by atoms with E-state index < -0.39 is 43.4 Å². The molecule has 8 nitrogen and oxygen atoms in total. The van der Waals surface area contributed by atoms with Gasteiger partial charge in [0, 0.05) is 49.6 Å². The Morgan fingerprint density at radius 2 is 1.54 bits per heavy atom. The van der Waals surface area contributed by atoms with Crippen molar-refractivity contribution in [2.75, 3.05) is 13.7 Å². The normalized spacial score (nSPS) is 20.7. The molecule has 0 spiro atoms. The highest BCUT2D eigenvalue weighted by Crippen LogP contribution is 2.35. The fourth-order valence-corrected chi connectivity index (χ4v) is 8.94. The third kappa shape index (κ3) is 6.12. The molecule has 10 heteroatoms. The molecule has 1 aliphatic rings. The number of fused-ring (bicyclic) bond motifs is 1. The summed E-state index contributed by atoms with van der Waals surface area (Å²) in [5.74, 6) is -0.688. The summed E-state index contributed by atoms with van der Waals surface area (Å²) in [4.78, 5) is 0.315. The second kappa shape index (κ2) is 11.7. The van der Waals surface area contributed by atoms with Gasteiger partial charge in [0.1, 0.15) is 0 Å². The van der Waals surface area contributed by atoms with E-state index in [4.69, 9.17) is 9.47 Å². The van der Waals surface area contributed by atoms with Crippen LogP contribution in [0, 0.1) is 19.8 Å². The Kier molecular flexibility index (Phi) is 8.41. The monoisotopic (exact) mass is 596 g/mol. The number of rotatable bonds is 9. The number of nitrogens with zero attached hydrogens (tertiary/aromatic N) is 1. The highest BCUT2D eigenvalue weighted by molar-refractivity contribution is 7.92. The molecule has 1 N–H and O–H groups in total. The molecular weight excluding hydrogens is 560 g/mol. The van der Waals surface area contributed by atoms with E-state index >= 15 is 0 Å². The Morgan fingerprint density at radius 1 is 0.927 bits per heavy atom. The van der Waals surface area contributed by atoms with Gasteiger partial charge in [0.25, 0.3) is 0 Å². The second-order valence-corrected chi connectivity index (χ2v) is 14.7. The Bertz CT molecular complexity index is 1730. The van der Waals surface area contributed by atoms with Crippen LogP contribution < -0.4 is 4.72 Å². The third-order valence-electron chi connectivity index (χ3n) is 7.96. The van der Waals surface area contributed by atoms with Crippen LogP contribution in [0.15, 0.2) is 88.8 Å². The largest absolute Gasteiger partial charge is 0.356 e. The lowest BCUT2D eigenvalue weighted by atomic mass is 9.89. The van der Waals surface area contributed by atoms with Crippen LogP contribution in [0.4, 0.5) is 0 Å². The van der Waals surface area contributed by atoms with Crippen molar-refractivity contribution >= 4 is 30.8 Å². The maximum Gasteiger partial charge on any atom is 0.240 e. The van der Waals surface area contributed by atoms with Crippen molar-refractivity contribution in [3.05, 3.63) is 95.7 Å². The van der Waals surface area contributed by atoms with Crippen LogP contribution in [0.1, 0.15) is 23.1 Å². The first-order valence-electron chi connectivity index (χ1n) is 13.6. The molecule has 1 aliphatic heterocycles. The summed E-state index contributed by atoms with van der Waals surface area (Å²) in [5, 5.41) is 0.0450. The minimum absolute atomic E-state index is 0.0140. The van der Waals surface area contributed by atoms with Gasteiger partial charge in [0.05, 0.1) is 21.6 Å². The number of hydrogen-bond acceptors (Lipinski definition) is 6. The van der Waals surface area contributed by atoms with E-state index in [1.165, 1.54) is 7.11 Å². The minimum atomic E-state index is -3.99. The van der Waals surface area contributed by atoms with Crippen LogP contribution in [0.25, 0.3) is 10.9 Å². The van der Waals surface area contributed by atoms with Crippen molar-refractivity contribution < 1.29 is 26.3 Å². The zero-order chi connectivity index (χ0) is 29.4. The maximum absolute atomic E-state index is 14.1. The molecule has 0 bridgehead atoms. The number of aryl methyl sites for hydroxylation is 3. The number of aromatic nitrogens is 1. The van der Waals surface area contributed by atoms with E-state index in [9.17, 15) is 16.8 Å². The maximum atomic E-state index is 14.1. The molecule has 1 fully saturated rings. The van der Waals surface area contributed by atoms with Gasteiger partial charge in [-0.25, -0.2) is 21.6 Å². The lowest BCUT2D eigenvalue weighted by Gasteiger charge is -2.39. The number of methoxy groups -OCH3 is 1. The third-order valence-corrected chi connectivity index (χ3v) is 11.7. The van der Waals surface area contributed by atoms with Crippen LogP contribution >= 0.6 is 0 Å².